The summed E-state index contributed by atoms with van der Waals surface area (Å²) in [5, 5.41) is 2.93. The second-order valence-electron chi connectivity index (χ2n) is 6.59. The van der Waals surface area contributed by atoms with Crippen molar-refractivity contribution < 1.29 is 19.1 Å². The average Bonchev–Trinajstić information content (AvgIpc) is 2.76. The van der Waals surface area contributed by atoms with Crippen LogP contribution in [-0.2, 0) is 14.3 Å². The Morgan fingerprint density at radius 2 is 1.45 bits per heavy atom. The summed E-state index contributed by atoms with van der Waals surface area (Å²) in [4.78, 5) is 24.3. The zero-order chi connectivity index (χ0) is 20.5. The lowest BCUT2D eigenvalue weighted by atomic mass is 9.99. The zero-order valence-corrected chi connectivity index (χ0v) is 16.2. The van der Waals surface area contributed by atoms with Gasteiger partial charge in [-0.1, -0.05) is 72.8 Å². The van der Waals surface area contributed by atoms with Crippen molar-refractivity contribution in [1.82, 2.24) is 5.32 Å². The number of esters is 1. The molecule has 0 heterocycles. The molecule has 0 aliphatic carbocycles. The highest BCUT2D eigenvalue weighted by Gasteiger charge is 2.17. The first-order valence-electron chi connectivity index (χ1n) is 9.36. The van der Waals surface area contributed by atoms with Gasteiger partial charge >= 0.3 is 5.97 Å². The van der Waals surface area contributed by atoms with E-state index in [0.717, 1.165) is 16.7 Å². The Morgan fingerprint density at radius 3 is 2.03 bits per heavy atom. The number of hydrogen-bond donors (Lipinski definition) is 1. The Bertz CT molecular complexity index is 902. The second-order valence-corrected chi connectivity index (χ2v) is 6.59. The van der Waals surface area contributed by atoms with E-state index in [1.807, 2.05) is 85.8 Å². The largest absolute Gasteiger partial charge is 0.482 e. The molecule has 3 aromatic rings. The summed E-state index contributed by atoms with van der Waals surface area (Å²) >= 11 is 0. The summed E-state index contributed by atoms with van der Waals surface area (Å²) in [5.74, 6) is -0.399. The van der Waals surface area contributed by atoms with Crippen molar-refractivity contribution in [2.75, 3.05) is 13.2 Å². The summed E-state index contributed by atoms with van der Waals surface area (Å²) in [6.45, 7) is 1.31. The second kappa shape index (κ2) is 10.1. The fourth-order valence-electron chi connectivity index (χ4n) is 2.89. The van der Waals surface area contributed by atoms with Crippen LogP contribution < -0.4 is 10.1 Å². The number of benzene rings is 3. The van der Waals surface area contributed by atoms with Gasteiger partial charge in [-0.3, -0.25) is 4.79 Å². The topological polar surface area (TPSA) is 64.6 Å². The number of ether oxygens (including phenoxy) is 2. The molecule has 0 saturated carbocycles. The SMILES string of the molecule is Cc1cccc(OCC(=O)OCC(=O)NC(c2ccccc2)c2ccccc2)c1. The Morgan fingerprint density at radius 1 is 0.828 bits per heavy atom. The van der Waals surface area contributed by atoms with Gasteiger partial charge in [-0.05, 0) is 35.7 Å². The van der Waals surface area contributed by atoms with Crippen LogP contribution in [0.1, 0.15) is 22.7 Å². The number of carbonyl (C=O) groups excluding carboxylic acids is 2. The average molecular weight is 389 g/mol. The summed E-state index contributed by atoms with van der Waals surface area (Å²) in [6.07, 6.45) is 0. The fourth-order valence-corrected chi connectivity index (χ4v) is 2.89. The molecular weight excluding hydrogens is 366 g/mol. The van der Waals surface area contributed by atoms with Crippen LogP contribution >= 0.6 is 0 Å². The third-order valence-corrected chi connectivity index (χ3v) is 4.28. The first-order valence-corrected chi connectivity index (χ1v) is 9.36. The number of amides is 1. The zero-order valence-electron chi connectivity index (χ0n) is 16.2. The summed E-state index contributed by atoms with van der Waals surface area (Å²) in [7, 11) is 0. The molecule has 148 valence electrons. The number of carbonyl (C=O) groups is 2. The van der Waals surface area contributed by atoms with E-state index in [-0.39, 0.29) is 25.2 Å². The van der Waals surface area contributed by atoms with E-state index < -0.39 is 5.97 Å². The normalized spacial score (nSPS) is 10.4. The van der Waals surface area contributed by atoms with E-state index in [4.69, 9.17) is 9.47 Å². The van der Waals surface area contributed by atoms with Crippen molar-refractivity contribution in [1.29, 1.82) is 0 Å². The molecule has 3 rings (SSSR count). The monoisotopic (exact) mass is 389 g/mol. The van der Waals surface area contributed by atoms with Crippen LogP contribution in [0.25, 0.3) is 0 Å². The number of hydrogen-bond acceptors (Lipinski definition) is 4. The highest BCUT2D eigenvalue weighted by molar-refractivity contribution is 5.81. The van der Waals surface area contributed by atoms with E-state index in [9.17, 15) is 9.59 Å². The van der Waals surface area contributed by atoms with Crippen LogP contribution in [0.3, 0.4) is 0 Å². The molecule has 5 heteroatoms. The number of nitrogens with one attached hydrogen (secondary N) is 1. The molecule has 0 fully saturated rings. The highest BCUT2D eigenvalue weighted by Crippen LogP contribution is 2.21. The lowest BCUT2D eigenvalue weighted by molar-refractivity contribution is -0.150. The molecule has 0 saturated heterocycles. The van der Waals surface area contributed by atoms with Crippen LogP contribution in [0.15, 0.2) is 84.9 Å². The molecule has 0 unspecified atom stereocenters. The van der Waals surface area contributed by atoms with Crippen molar-refractivity contribution in [3.63, 3.8) is 0 Å². The smallest absolute Gasteiger partial charge is 0.344 e. The van der Waals surface area contributed by atoms with Gasteiger partial charge in [0.05, 0.1) is 6.04 Å². The lowest BCUT2D eigenvalue weighted by Gasteiger charge is -2.20. The third kappa shape index (κ3) is 6.21. The number of rotatable bonds is 8. The van der Waals surface area contributed by atoms with Gasteiger partial charge in [0.15, 0.2) is 13.2 Å². The Hall–Kier alpha value is -3.60. The van der Waals surface area contributed by atoms with E-state index in [1.165, 1.54) is 0 Å². The molecule has 1 amide bonds. The predicted octanol–water partition coefficient (Wildman–Crippen LogP) is 3.82. The molecule has 0 atom stereocenters. The minimum absolute atomic E-state index is 0.252. The Balaban J connectivity index is 1.54. The molecule has 29 heavy (non-hydrogen) atoms. The minimum Gasteiger partial charge on any atom is -0.482 e. The van der Waals surface area contributed by atoms with Gasteiger partial charge < -0.3 is 14.8 Å². The number of aryl methyl sites for hydroxylation is 1. The van der Waals surface area contributed by atoms with Crippen molar-refractivity contribution >= 4 is 11.9 Å². The van der Waals surface area contributed by atoms with Gasteiger partial charge in [0.2, 0.25) is 0 Å². The lowest BCUT2D eigenvalue weighted by Crippen LogP contribution is -2.33. The van der Waals surface area contributed by atoms with Gasteiger partial charge in [0.25, 0.3) is 5.91 Å². The maximum Gasteiger partial charge on any atom is 0.344 e. The van der Waals surface area contributed by atoms with Crippen molar-refractivity contribution in [2.24, 2.45) is 0 Å². The van der Waals surface area contributed by atoms with Gasteiger partial charge in [0.1, 0.15) is 5.75 Å². The van der Waals surface area contributed by atoms with Crippen molar-refractivity contribution in [3.05, 3.63) is 102 Å². The molecule has 0 aliphatic heterocycles. The predicted molar refractivity (Wildman–Crippen MR) is 111 cm³/mol. The first kappa shape index (κ1) is 20.1. The highest BCUT2D eigenvalue weighted by atomic mass is 16.6. The Kier molecular flexibility index (Phi) is 7.00. The van der Waals surface area contributed by atoms with Crippen LogP contribution in [0.4, 0.5) is 0 Å². The maximum atomic E-state index is 12.4. The summed E-state index contributed by atoms with van der Waals surface area (Å²) in [6, 6.07) is 26.3. The molecular formula is C24H23NO4. The van der Waals surface area contributed by atoms with Crippen LogP contribution in [0, 0.1) is 6.92 Å². The van der Waals surface area contributed by atoms with E-state index in [0.29, 0.717) is 5.75 Å². The summed E-state index contributed by atoms with van der Waals surface area (Å²) < 4.78 is 10.4. The third-order valence-electron chi connectivity index (χ3n) is 4.28. The van der Waals surface area contributed by atoms with Crippen LogP contribution in [-0.4, -0.2) is 25.1 Å². The first-order chi connectivity index (χ1) is 14.1. The summed E-state index contributed by atoms with van der Waals surface area (Å²) in [5.41, 5.74) is 2.92. The Labute approximate surface area is 170 Å². The van der Waals surface area contributed by atoms with Gasteiger partial charge in [-0.15, -0.1) is 0 Å². The minimum atomic E-state index is -0.599. The molecule has 0 radical (unpaired) electrons. The molecule has 0 aliphatic rings. The van der Waals surface area contributed by atoms with Gasteiger partial charge in [-0.2, -0.15) is 0 Å². The van der Waals surface area contributed by atoms with E-state index >= 15 is 0 Å². The van der Waals surface area contributed by atoms with E-state index in [2.05, 4.69) is 5.32 Å². The molecule has 0 aromatic heterocycles. The molecule has 5 nitrogen and oxygen atoms in total. The van der Waals surface area contributed by atoms with Crippen LogP contribution in [0.2, 0.25) is 0 Å². The molecule has 0 bridgehead atoms. The molecule has 3 aromatic carbocycles. The molecule has 1 N–H and O–H groups in total. The van der Waals surface area contributed by atoms with Gasteiger partial charge in [-0.25, -0.2) is 4.79 Å². The molecule has 0 spiro atoms. The fraction of sp³-hybridized carbons (Fsp3) is 0.167. The van der Waals surface area contributed by atoms with Crippen LogP contribution in [0.5, 0.6) is 5.75 Å². The van der Waals surface area contributed by atoms with Gasteiger partial charge in [0, 0.05) is 0 Å². The standard InChI is InChI=1S/C24H23NO4/c1-18-9-8-14-21(15-18)28-17-23(27)29-16-22(26)25-24(19-10-4-2-5-11-19)20-12-6-3-7-13-20/h2-15,24H,16-17H2,1H3,(H,25,26). The van der Waals surface area contributed by atoms with Crippen molar-refractivity contribution in [2.45, 2.75) is 13.0 Å². The van der Waals surface area contributed by atoms with Crippen molar-refractivity contribution in [3.8, 4) is 5.75 Å². The maximum absolute atomic E-state index is 12.4. The van der Waals surface area contributed by atoms with E-state index in [1.54, 1.807) is 6.07 Å². The quantitative estimate of drug-likeness (QED) is 0.595.